The Balaban J connectivity index is 1.86. The van der Waals surface area contributed by atoms with E-state index < -0.39 is 12.3 Å². The van der Waals surface area contributed by atoms with Crippen LogP contribution >= 0.6 is 11.6 Å². The first-order chi connectivity index (χ1) is 13.2. The summed E-state index contributed by atoms with van der Waals surface area (Å²) in [6.45, 7) is 0. The number of hydrogen-bond acceptors (Lipinski definition) is 4. The van der Waals surface area contributed by atoms with Crippen molar-refractivity contribution in [1.82, 2.24) is 0 Å². The van der Waals surface area contributed by atoms with Gasteiger partial charge in [0.05, 0.1) is 12.8 Å². The van der Waals surface area contributed by atoms with E-state index in [9.17, 15) is 4.79 Å². The molecule has 27 heavy (non-hydrogen) atoms. The number of carbonyl (C=O) groups is 1. The van der Waals surface area contributed by atoms with Crippen LogP contribution in [-0.2, 0) is 4.84 Å². The van der Waals surface area contributed by atoms with Crippen LogP contribution in [0.3, 0.4) is 0 Å². The van der Waals surface area contributed by atoms with Gasteiger partial charge in [0.1, 0.15) is 5.75 Å². The van der Waals surface area contributed by atoms with E-state index in [2.05, 4.69) is 0 Å². The van der Waals surface area contributed by atoms with Crippen LogP contribution in [0.25, 0.3) is 0 Å². The highest BCUT2D eigenvalue weighted by Crippen LogP contribution is 2.42. The molecule has 1 aliphatic heterocycles. The highest BCUT2D eigenvalue weighted by Gasteiger charge is 2.44. The maximum Gasteiger partial charge on any atom is 0.440 e. The summed E-state index contributed by atoms with van der Waals surface area (Å²) in [5, 5.41) is 2.19. The van der Waals surface area contributed by atoms with E-state index in [0.717, 1.165) is 11.3 Å². The van der Waals surface area contributed by atoms with E-state index in [1.54, 1.807) is 41.3 Å². The first kappa shape index (κ1) is 17.2. The average molecular weight is 381 g/mol. The molecule has 1 aliphatic rings. The number of rotatable bonds is 4. The van der Waals surface area contributed by atoms with Gasteiger partial charge in [-0.1, -0.05) is 48.0 Å². The van der Waals surface area contributed by atoms with Crippen LogP contribution in [0.2, 0.25) is 5.02 Å². The minimum absolute atomic E-state index is 0.475. The van der Waals surface area contributed by atoms with Gasteiger partial charge in [0.25, 0.3) is 0 Å². The molecule has 3 aromatic carbocycles. The first-order valence-corrected chi connectivity index (χ1v) is 8.81. The highest BCUT2D eigenvalue weighted by molar-refractivity contribution is 6.30. The van der Waals surface area contributed by atoms with Crippen LogP contribution < -0.4 is 14.7 Å². The average Bonchev–Trinajstić information content (AvgIpc) is 3.06. The number of benzene rings is 3. The summed E-state index contributed by atoms with van der Waals surface area (Å²) in [5.74, 6) is 0.667. The lowest BCUT2D eigenvalue weighted by Gasteiger charge is -2.28. The summed E-state index contributed by atoms with van der Waals surface area (Å²) < 4.78 is 5.54. The maximum atomic E-state index is 12.8. The van der Waals surface area contributed by atoms with Crippen molar-refractivity contribution in [3.8, 4) is 5.75 Å². The lowest BCUT2D eigenvalue weighted by atomic mass is 10.1. The molecule has 0 radical (unpaired) electrons. The molecule has 0 bridgehead atoms. The van der Waals surface area contributed by atoms with Crippen molar-refractivity contribution in [2.45, 2.75) is 6.17 Å². The predicted molar refractivity (Wildman–Crippen MR) is 105 cm³/mol. The Labute approximate surface area is 162 Å². The zero-order chi connectivity index (χ0) is 18.8. The second-order valence-electron chi connectivity index (χ2n) is 5.98. The largest absolute Gasteiger partial charge is 0.496 e. The Bertz CT molecular complexity index is 947. The minimum Gasteiger partial charge on any atom is -0.496 e. The first-order valence-electron chi connectivity index (χ1n) is 8.43. The third-order valence-electron chi connectivity index (χ3n) is 4.37. The molecule has 1 heterocycles. The van der Waals surface area contributed by atoms with E-state index in [-0.39, 0.29) is 0 Å². The standard InChI is InChI=1S/C21H17ClN2O3/c1-26-19-10-6-5-9-18(19)20-23(16-13-11-15(22)12-14-16)21(25)27-24(20)17-7-3-2-4-8-17/h2-14,20H,1H3. The molecular formula is C21H17ClN2O3. The van der Waals surface area contributed by atoms with Gasteiger partial charge in [-0.2, -0.15) is 5.06 Å². The molecule has 136 valence electrons. The smallest absolute Gasteiger partial charge is 0.440 e. The predicted octanol–water partition coefficient (Wildman–Crippen LogP) is 5.43. The molecule has 4 rings (SSSR count). The summed E-state index contributed by atoms with van der Waals surface area (Å²) in [6, 6.07) is 24.1. The van der Waals surface area contributed by atoms with Crippen molar-refractivity contribution in [2.75, 3.05) is 17.1 Å². The minimum atomic E-state index is -0.530. The molecule has 6 heteroatoms. The van der Waals surface area contributed by atoms with E-state index in [1.807, 2.05) is 54.6 Å². The van der Waals surface area contributed by atoms with Crippen molar-refractivity contribution >= 4 is 29.1 Å². The number of amides is 1. The number of para-hydroxylation sites is 2. The van der Waals surface area contributed by atoms with Crippen molar-refractivity contribution < 1.29 is 14.4 Å². The van der Waals surface area contributed by atoms with Crippen LogP contribution in [0.15, 0.2) is 78.9 Å². The van der Waals surface area contributed by atoms with Gasteiger partial charge in [-0.3, -0.25) is 0 Å². The fourth-order valence-corrected chi connectivity index (χ4v) is 3.27. The van der Waals surface area contributed by atoms with Gasteiger partial charge in [0.15, 0.2) is 6.17 Å². The monoisotopic (exact) mass is 380 g/mol. The fourth-order valence-electron chi connectivity index (χ4n) is 3.15. The summed E-state index contributed by atoms with van der Waals surface area (Å²) in [5.41, 5.74) is 2.25. The molecule has 0 aliphatic carbocycles. The number of carbonyl (C=O) groups excluding carboxylic acids is 1. The summed E-state index contributed by atoms with van der Waals surface area (Å²) >= 11 is 6.02. The third kappa shape index (κ3) is 3.17. The van der Waals surface area contributed by atoms with E-state index in [4.69, 9.17) is 21.2 Å². The molecule has 1 amide bonds. The molecule has 1 unspecified atom stereocenters. The maximum absolute atomic E-state index is 12.8. The molecule has 5 nitrogen and oxygen atoms in total. The molecule has 0 aromatic heterocycles. The van der Waals surface area contributed by atoms with Crippen LogP contribution in [0.5, 0.6) is 5.75 Å². The van der Waals surface area contributed by atoms with Crippen molar-refractivity contribution in [3.63, 3.8) is 0 Å². The topological polar surface area (TPSA) is 42.0 Å². The van der Waals surface area contributed by atoms with Crippen LogP contribution in [0.1, 0.15) is 11.7 Å². The van der Waals surface area contributed by atoms with E-state index in [1.165, 1.54) is 0 Å². The van der Waals surface area contributed by atoms with Crippen LogP contribution in [-0.4, -0.2) is 13.2 Å². The zero-order valence-electron chi connectivity index (χ0n) is 14.6. The van der Waals surface area contributed by atoms with Crippen molar-refractivity contribution in [3.05, 3.63) is 89.4 Å². The zero-order valence-corrected chi connectivity index (χ0v) is 15.3. The van der Waals surface area contributed by atoms with Crippen molar-refractivity contribution in [2.24, 2.45) is 0 Å². The Kier molecular flexibility index (Phi) is 4.60. The van der Waals surface area contributed by atoms with E-state index >= 15 is 0 Å². The summed E-state index contributed by atoms with van der Waals surface area (Å²) in [6.07, 6.45) is -1.01. The lowest BCUT2D eigenvalue weighted by Crippen LogP contribution is -2.32. The number of ether oxygens (including phenoxy) is 1. The lowest BCUT2D eigenvalue weighted by molar-refractivity contribution is 0.164. The summed E-state index contributed by atoms with van der Waals surface area (Å²) in [7, 11) is 1.61. The summed E-state index contributed by atoms with van der Waals surface area (Å²) in [4.78, 5) is 20.0. The molecule has 1 saturated heterocycles. The highest BCUT2D eigenvalue weighted by atomic mass is 35.5. The second kappa shape index (κ2) is 7.21. The van der Waals surface area contributed by atoms with Gasteiger partial charge >= 0.3 is 6.09 Å². The molecule has 3 aromatic rings. The number of anilines is 2. The quantitative estimate of drug-likeness (QED) is 0.605. The van der Waals surface area contributed by atoms with Crippen LogP contribution in [0.4, 0.5) is 16.2 Å². The van der Waals surface area contributed by atoms with Gasteiger partial charge in [0, 0.05) is 16.3 Å². The Hall–Kier alpha value is -3.18. The normalized spacial score (nSPS) is 16.4. The molecule has 0 N–H and O–H groups in total. The van der Waals surface area contributed by atoms with Gasteiger partial charge < -0.3 is 9.57 Å². The SMILES string of the molecule is COc1ccccc1C1N(c2ccccc2)OC(=O)N1c1ccc(Cl)cc1. The number of hydrogen-bond donors (Lipinski definition) is 0. The van der Waals surface area contributed by atoms with Gasteiger partial charge in [0.2, 0.25) is 0 Å². The Morgan fingerprint density at radius 3 is 2.26 bits per heavy atom. The number of hydroxylamine groups is 1. The molecule has 0 saturated carbocycles. The van der Waals surface area contributed by atoms with Crippen LogP contribution in [0, 0.1) is 0 Å². The fraction of sp³-hybridized carbons (Fsp3) is 0.0952. The Morgan fingerprint density at radius 2 is 1.56 bits per heavy atom. The van der Waals surface area contributed by atoms with Gasteiger partial charge in [-0.25, -0.2) is 9.69 Å². The Morgan fingerprint density at radius 1 is 0.889 bits per heavy atom. The van der Waals surface area contributed by atoms with Crippen molar-refractivity contribution in [1.29, 1.82) is 0 Å². The van der Waals surface area contributed by atoms with E-state index in [0.29, 0.717) is 16.5 Å². The third-order valence-corrected chi connectivity index (χ3v) is 4.62. The molecule has 1 atom stereocenters. The van der Waals surface area contributed by atoms with Gasteiger partial charge in [-0.05, 0) is 42.5 Å². The number of nitrogens with zero attached hydrogens (tertiary/aromatic N) is 2. The molecular weight excluding hydrogens is 364 g/mol. The second-order valence-corrected chi connectivity index (χ2v) is 6.42. The number of halogens is 1. The molecule has 0 spiro atoms. The number of methoxy groups -OCH3 is 1. The van der Waals surface area contributed by atoms with Gasteiger partial charge in [-0.15, -0.1) is 0 Å². The molecule has 1 fully saturated rings.